The van der Waals surface area contributed by atoms with Gasteiger partial charge in [-0.1, -0.05) is 19.1 Å². The summed E-state index contributed by atoms with van der Waals surface area (Å²) in [6.45, 7) is 2.13. The first-order chi connectivity index (χ1) is 13.1. The lowest BCUT2D eigenvalue weighted by atomic mass is 10.1. The molecule has 0 bridgehead atoms. The Hall–Kier alpha value is -2.63. The molecule has 6 heteroatoms. The van der Waals surface area contributed by atoms with Gasteiger partial charge >= 0.3 is 5.97 Å². The summed E-state index contributed by atoms with van der Waals surface area (Å²) in [4.78, 5) is 24.0. The molecule has 1 heterocycles. The normalized spacial score (nSPS) is 21.2. The van der Waals surface area contributed by atoms with Crippen molar-refractivity contribution in [2.24, 2.45) is 5.92 Å². The highest BCUT2D eigenvalue weighted by Crippen LogP contribution is 2.29. The summed E-state index contributed by atoms with van der Waals surface area (Å²) in [5.41, 5.74) is 4.92. The molecule has 1 aromatic heterocycles. The van der Waals surface area contributed by atoms with E-state index in [-0.39, 0.29) is 17.9 Å². The average molecular weight is 367 g/mol. The molecule has 1 aromatic carbocycles. The van der Waals surface area contributed by atoms with Crippen molar-refractivity contribution in [1.82, 2.24) is 15.1 Å². The van der Waals surface area contributed by atoms with Crippen molar-refractivity contribution in [3.05, 3.63) is 46.8 Å². The van der Waals surface area contributed by atoms with Gasteiger partial charge in [0.25, 0.3) is 5.91 Å². The molecule has 2 N–H and O–H groups in total. The number of amides is 1. The Labute approximate surface area is 158 Å². The van der Waals surface area contributed by atoms with E-state index in [0.717, 1.165) is 42.6 Å². The summed E-state index contributed by atoms with van der Waals surface area (Å²) in [5, 5.41) is 16.8. The molecule has 1 saturated carbocycles. The number of nitrogens with zero attached hydrogens (tertiary/aromatic N) is 2. The number of benzene rings is 1. The minimum atomic E-state index is -0.771. The number of aromatic nitrogens is 2. The van der Waals surface area contributed by atoms with Crippen molar-refractivity contribution in [2.75, 3.05) is 0 Å². The largest absolute Gasteiger partial charge is 0.481 e. The lowest BCUT2D eigenvalue weighted by Gasteiger charge is -2.11. The van der Waals surface area contributed by atoms with Crippen molar-refractivity contribution in [3.63, 3.8) is 0 Å². The summed E-state index contributed by atoms with van der Waals surface area (Å²) in [6.07, 6.45) is 5.65. The van der Waals surface area contributed by atoms with Gasteiger partial charge in [-0.25, -0.2) is 4.68 Å². The summed E-state index contributed by atoms with van der Waals surface area (Å²) < 4.78 is 1.91. The van der Waals surface area contributed by atoms with E-state index in [1.807, 2.05) is 4.68 Å². The lowest BCUT2D eigenvalue weighted by Crippen LogP contribution is -2.34. The van der Waals surface area contributed by atoms with Crippen LogP contribution >= 0.6 is 0 Å². The fourth-order valence-electron chi connectivity index (χ4n) is 4.30. The second kappa shape index (κ2) is 7.18. The van der Waals surface area contributed by atoms with Crippen LogP contribution in [0.4, 0.5) is 0 Å². The number of carboxylic acid groups (broad SMARTS) is 1. The van der Waals surface area contributed by atoms with Crippen LogP contribution in [0, 0.1) is 5.92 Å². The first-order valence-corrected chi connectivity index (χ1v) is 9.80. The second-order valence-electron chi connectivity index (χ2n) is 7.58. The number of carbonyl (C=O) groups excluding carboxylic acids is 1. The molecule has 6 nitrogen and oxygen atoms in total. The van der Waals surface area contributed by atoms with Gasteiger partial charge in [0, 0.05) is 17.3 Å². The number of hydrogen-bond donors (Lipinski definition) is 2. The molecule has 2 atom stereocenters. The maximum absolute atomic E-state index is 12.8. The predicted molar refractivity (Wildman–Crippen MR) is 101 cm³/mol. The first kappa shape index (κ1) is 17.8. The van der Waals surface area contributed by atoms with Crippen LogP contribution in [0.1, 0.15) is 59.9 Å². The maximum atomic E-state index is 12.8. The van der Waals surface area contributed by atoms with Gasteiger partial charge in [0.15, 0.2) is 5.69 Å². The Morgan fingerprint density at radius 3 is 2.67 bits per heavy atom. The molecule has 142 valence electrons. The zero-order valence-electron chi connectivity index (χ0n) is 15.6. The molecule has 2 aliphatic carbocycles. The third kappa shape index (κ3) is 3.36. The minimum Gasteiger partial charge on any atom is -0.481 e. The quantitative estimate of drug-likeness (QED) is 0.851. The van der Waals surface area contributed by atoms with Gasteiger partial charge in [-0.3, -0.25) is 9.59 Å². The number of hydrogen-bond acceptors (Lipinski definition) is 3. The van der Waals surface area contributed by atoms with E-state index in [4.69, 9.17) is 5.11 Å². The summed E-state index contributed by atoms with van der Waals surface area (Å²) in [7, 11) is 0. The molecule has 2 aromatic rings. The van der Waals surface area contributed by atoms with Crippen LogP contribution in [0.15, 0.2) is 24.3 Å². The summed E-state index contributed by atoms with van der Waals surface area (Å²) >= 11 is 0. The molecule has 0 radical (unpaired) electrons. The molecule has 0 spiro atoms. The van der Waals surface area contributed by atoms with E-state index < -0.39 is 5.97 Å². The van der Waals surface area contributed by atoms with E-state index in [2.05, 4.69) is 41.6 Å². The highest BCUT2D eigenvalue weighted by Gasteiger charge is 2.33. The molecular weight excluding hydrogens is 342 g/mol. The first-order valence-electron chi connectivity index (χ1n) is 9.80. The fourth-order valence-corrected chi connectivity index (χ4v) is 4.30. The molecule has 1 amide bonds. The van der Waals surface area contributed by atoms with Gasteiger partial charge < -0.3 is 10.4 Å². The standard InChI is InChI=1S/C21H25N3O3/c1-2-13-6-10-16(11-7-13)24-18-5-3-4-17(18)19(23-24)20(25)22-15-9-8-14(12-15)21(26)27/h6-7,10-11,14-15H,2-5,8-9,12H2,1H3,(H,22,25)(H,26,27)/t14-,15+/m0/s1. The Morgan fingerprint density at radius 2 is 2.00 bits per heavy atom. The van der Waals surface area contributed by atoms with Crippen LogP contribution in [0.5, 0.6) is 0 Å². The summed E-state index contributed by atoms with van der Waals surface area (Å²) in [5.74, 6) is -1.30. The predicted octanol–water partition coefficient (Wildman–Crippen LogP) is 2.91. The molecular formula is C21H25N3O3. The fraction of sp³-hybridized carbons (Fsp3) is 0.476. The van der Waals surface area contributed by atoms with Gasteiger partial charge in [-0.15, -0.1) is 0 Å². The Morgan fingerprint density at radius 1 is 1.22 bits per heavy atom. The molecule has 27 heavy (non-hydrogen) atoms. The SMILES string of the molecule is CCc1ccc(-n2nc(C(=O)N[C@@H]3CC[C@H](C(=O)O)C3)c3c2CCC3)cc1. The average Bonchev–Trinajstić information content (AvgIpc) is 3.38. The topological polar surface area (TPSA) is 84.2 Å². The van der Waals surface area contributed by atoms with E-state index in [9.17, 15) is 9.59 Å². The number of fused-ring (bicyclic) bond motifs is 1. The van der Waals surface area contributed by atoms with Gasteiger partial charge in [0.05, 0.1) is 11.6 Å². The Bertz CT molecular complexity index is 870. The number of nitrogens with one attached hydrogen (secondary N) is 1. The zero-order valence-corrected chi connectivity index (χ0v) is 15.6. The highest BCUT2D eigenvalue weighted by molar-refractivity contribution is 5.94. The van der Waals surface area contributed by atoms with Gasteiger partial charge in [0.2, 0.25) is 0 Å². The third-order valence-corrected chi connectivity index (χ3v) is 5.85. The highest BCUT2D eigenvalue weighted by atomic mass is 16.4. The number of rotatable bonds is 5. The van der Waals surface area contributed by atoms with E-state index in [1.54, 1.807) is 0 Å². The van der Waals surface area contributed by atoms with Gasteiger partial charge in [0.1, 0.15) is 0 Å². The van der Waals surface area contributed by atoms with Crippen molar-refractivity contribution in [3.8, 4) is 5.69 Å². The van der Waals surface area contributed by atoms with Crippen LogP contribution in [0.2, 0.25) is 0 Å². The molecule has 0 unspecified atom stereocenters. The molecule has 0 aliphatic heterocycles. The Kier molecular flexibility index (Phi) is 4.72. The molecule has 1 fully saturated rings. The molecule has 2 aliphatic rings. The second-order valence-corrected chi connectivity index (χ2v) is 7.58. The van der Waals surface area contributed by atoms with Crippen LogP contribution in [0.3, 0.4) is 0 Å². The van der Waals surface area contributed by atoms with E-state index >= 15 is 0 Å². The summed E-state index contributed by atoms with van der Waals surface area (Å²) in [6, 6.07) is 8.23. The smallest absolute Gasteiger partial charge is 0.306 e. The van der Waals surface area contributed by atoms with Gasteiger partial charge in [-0.2, -0.15) is 5.10 Å². The van der Waals surface area contributed by atoms with Crippen molar-refractivity contribution in [2.45, 2.75) is 57.9 Å². The zero-order chi connectivity index (χ0) is 19.0. The van der Waals surface area contributed by atoms with Crippen molar-refractivity contribution < 1.29 is 14.7 Å². The number of carbonyl (C=O) groups is 2. The van der Waals surface area contributed by atoms with E-state index in [1.165, 1.54) is 5.56 Å². The lowest BCUT2D eigenvalue weighted by molar-refractivity contribution is -0.141. The van der Waals surface area contributed by atoms with Crippen molar-refractivity contribution in [1.29, 1.82) is 0 Å². The third-order valence-electron chi connectivity index (χ3n) is 5.85. The van der Waals surface area contributed by atoms with Crippen LogP contribution in [-0.2, 0) is 24.1 Å². The Balaban J connectivity index is 1.56. The van der Waals surface area contributed by atoms with Crippen LogP contribution < -0.4 is 5.32 Å². The molecule has 0 saturated heterocycles. The molecule has 4 rings (SSSR count). The van der Waals surface area contributed by atoms with E-state index in [0.29, 0.717) is 25.0 Å². The number of aryl methyl sites for hydroxylation is 1. The maximum Gasteiger partial charge on any atom is 0.306 e. The number of aliphatic carboxylic acids is 1. The van der Waals surface area contributed by atoms with Gasteiger partial charge in [-0.05, 0) is 62.6 Å². The number of carboxylic acids is 1. The minimum absolute atomic E-state index is 0.0790. The van der Waals surface area contributed by atoms with Crippen LogP contribution in [-0.4, -0.2) is 32.8 Å². The monoisotopic (exact) mass is 367 g/mol. The van der Waals surface area contributed by atoms with Crippen LogP contribution in [0.25, 0.3) is 5.69 Å². The van der Waals surface area contributed by atoms with Crippen molar-refractivity contribution >= 4 is 11.9 Å².